The van der Waals surface area contributed by atoms with Gasteiger partial charge in [-0.05, 0) is 74.4 Å². The number of para-hydroxylation sites is 1. The van der Waals surface area contributed by atoms with Crippen LogP contribution in [-0.2, 0) is 11.2 Å². The van der Waals surface area contributed by atoms with Crippen molar-refractivity contribution in [1.29, 1.82) is 0 Å². The maximum atomic E-state index is 13.3. The number of nitrogens with zero attached hydrogens (tertiary/aromatic N) is 2. The molecule has 0 spiro atoms. The fraction of sp³-hybridized carbons (Fsp3) is 0.370. The molecule has 1 amide bonds. The molecule has 6 nitrogen and oxygen atoms in total. The van der Waals surface area contributed by atoms with Crippen molar-refractivity contribution < 1.29 is 14.3 Å². The van der Waals surface area contributed by atoms with Gasteiger partial charge in [0.2, 0.25) is 5.91 Å². The minimum Gasteiger partial charge on any atom is -0.490 e. The highest BCUT2D eigenvalue weighted by Crippen LogP contribution is 2.50. The van der Waals surface area contributed by atoms with Crippen LogP contribution in [0.15, 0.2) is 60.9 Å². The Bertz CT molecular complexity index is 1210. The second-order valence-electron chi connectivity index (χ2n) is 9.57. The summed E-state index contributed by atoms with van der Waals surface area (Å²) < 4.78 is 7.84. The van der Waals surface area contributed by atoms with E-state index >= 15 is 0 Å². The Balaban J connectivity index is 1.15. The van der Waals surface area contributed by atoms with Gasteiger partial charge in [0, 0.05) is 30.1 Å². The van der Waals surface area contributed by atoms with Crippen molar-refractivity contribution >= 4 is 11.7 Å². The summed E-state index contributed by atoms with van der Waals surface area (Å²) in [5.74, 6) is 1.63. The molecule has 2 saturated carbocycles. The summed E-state index contributed by atoms with van der Waals surface area (Å²) in [5.41, 5.74) is 2.40. The SMILES string of the molecule is O=C(CC1(C(=O)NC2CCc3ccccc3-n3ccnc32)CC1)c1ccc(OC2CC2)cc1. The highest BCUT2D eigenvalue weighted by Gasteiger charge is 2.51. The number of rotatable bonds is 7. The van der Waals surface area contributed by atoms with Crippen LogP contribution in [0.5, 0.6) is 5.75 Å². The van der Waals surface area contributed by atoms with Gasteiger partial charge in [0.15, 0.2) is 5.78 Å². The number of ketones is 1. The number of aryl methyl sites for hydroxylation is 1. The zero-order valence-corrected chi connectivity index (χ0v) is 18.5. The molecule has 0 saturated heterocycles. The number of carbonyl (C=O) groups is 2. The van der Waals surface area contributed by atoms with E-state index in [1.54, 1.807) is 6.20 Å². The normalized spacial score (nSPS) is 20.2. The Kier molecular flexibility index (Phi) is 4.82. The fourth-order valence-electron chi connectivity index (χ4n) is 4.75. The number of hydrogen-bond donors (Lipinski definition) is 1. The average molecular weight is 442 g/mol. The van der Waals surface area contributed by atoms with Gasteiger partial charge in [0.05, 0.1) is 17.6 Å². The van der Waals surface area contributed by atoms with Crippen molar-refractivity contribution in [1.82, 2.24) is 14.9 Å². The first-order valence-corrected chi connectivity index (χ1v) is 11.8. The lowest BCUT2D eigenvalue weighted by molar-refractivity contribution is -0.127. The van der Waals surface area contributed by atoms with Crippen LogP contribution in [0.2, 0.25) is 0 Å². The zero-order chi connectivity index (χ0) is 22.4. The van der Waals surface area contributed by atoms with Crippen LogP contribution >= 0.6 is 0 Å². The third-order valence-electron chi connectivity index (χ3n) is 7.08. The van der Waals surface area contributed by atoms with Gasteiger partial charge in [-0.15, -0.1) is 0 Å². The van der Waals surface area contributed by atoms with E-state index in [0.29, 0.717) is 11.7 Å². The second-order valence-corrected chi connectivity index (χ2v) is 9.57. The van der Waals surface area contributed by atoms with Gasteiger partial charge in [-0.1, -0.05) is 18.2 Å². The van der Waals surface area contributed by atoms with Crippen molar-refractivity contribution in [2.24, 2.45) is 5.41 Å². The number of nitrogens with one attached hydrogen (secondary N) is 1. The molecular formula is C27H27N3O3. The summed E-state index contributed by atoms with van der Waals surface area (Å²) in [6.07, 6.45) is 9.65. The molecule has 2 heterocycles. The lowest BCUT2D eigenvalue weighted by Gasteiger charge is -2.21. The van der Waals surface area contributed by atoms with Gasteiger partial charge in [-0.2, -0.15) is 0 Å². The van der Waals surface area contributed by atoms with Crippen molar-refractivity contribution in [3.05, 3.63) is 77.9 Å². The molecule has 6 heteroatoms. The van der Waals surface area contributed by atoms with Gasteiger partial charge in [0.25, 0.3) is 0 Å². The molecule has 0 radical (unpaired) electrons. The summed E-state index contributed by atoms with van der Waals surface area (Å²) in [6.45, 7) is 0. The highest BCUT2D eigenvalue weighted by molar-refractivity contribution is 6.00. The fourth-order valence-corrected chi connectivity index (χ4v) is 4.75. The van der Waals surface area contributed by atoms with E-state index < -0.39 is 5.41 Å². The van der Waals surface area contributed by atoms with E-state index in [0.717, 1.165) is 55.8 Å². The number of ether oxygens (including phenoxy) is 1. The molecule has 168 valence electrons. The Morgan fingerprint density at radius 2 is 1.85 bits per heavy atom. The van der Waals surface area contributed by atoms with Gasteiger partial charge in [-0.3, -0.25) is 9.59 Å². The van der Waals surface area contributed by atoms with Crippen LogP contribution in [-0.4, -0.2) is 27.3 Å². The summed E-state index contributed by atoms with van der Waals surface area (Å²) in [6, 6.07) is 15.5. The molecule has 1 atom stereocenters. The van der Waals surface area contributed by atoms with Crippen LogP contribution in [0.25, 0.3) is 5.69 Å². The van der Waals surface area contributed by atoms with Crippen molar-refractivity contribution in [2.45, 2.75) is 57.1 Å². The van der Waals surface area contributed by atoms with Crippen molar-refractivity contribution in [2.75, 3.05) is 0 Å². The Hall–Kier alpha value is -3.41. The number of benzene rings is 2. The van der Waals surface area contributed by atoms with Gasteiger partial charge >= 0.3 is 0 Å². The highest BCUT2D eigenvalue weighted by atomic mass is 16.5. The number of carbonyl (C=O) groups excluding carboxylic acids is 2. The van der Waals surface area contributed by atoms with Crippen LogP contribution in [0, 0.1) is 5.41 Å². The monoisotopic (exact) mass is 441 g/mol. The molecule has 0 bridgehead atoms. The minimum absolute atomic E-state index is 0.00962. The maximum Gasteiger partial charge on any atom is 0.227 e. The predicted molar refractivity (Wildman–Crippen MR) is 123 cm³/mol. The number of Topliss-reactive ketones (excluding diaryl/α,β-unsaturated/α-hetero) is 1. The molecule has 33 heavy (non-hydrogen) atoms. The predicted octanol–water partition coefficient (Wildman–Crippen LogP) is 4.57. The van der Waals surface area contributed by atoms with Gasteiger partial charge < -0.3 is 14.6 Å². The molecular weight excluding hydrogens is 414 g/mol. The first kappa shape index (κ1) is 20.2. The third-order valence-corrected chi connectivity index (χ3v) is 7.08. The number of imidazole rings is 1. The number of fused-ring (bicyclic) bond motifs is 3. The molecule has 6 rings (SSSR count). The lowest BCUT2D eigenvalue weighted by atomic mass is 9.94. The summed E-state index contributed by atoms with van der Waals surface area (Å²) in [4.78, 5) is 30.9. The van der Waals surface area contributed by atoms with E-state index in [9.17, 15) is 9.59 Å². The largest absolute Gasteiger partial charge is 0.490 e. The molecule has 1 aromatic heterocycles. The lowest BCUT2D eigenvalue weighted by Crippen LogP contribution is -2.37. The first-order chi connectivity index (χ1) is 16.1. The Morgan fingerprint density at radius 1 is 1.06 bits per heavy atom. The van der Waals surface area contributed by atoms with E-state index in [-0.39, 0.29) is 24.2 Å². The van der Waals surface area contributed by atoms with Gasteiger partial charge in [0.1, 0.15) is 11.6 Å². The standard InChI is InChI=1S/C27H27N3O3/c31-24(19-5-8-20(9-6-19)33-21-10-11-21)17-27(13-14-27)26(32)29-22-12-7-18-3-1-2-4-23(18)30-16-15-28-25(22)30/h1-6,8-9,15-16,21-22H,7,10-14,17H2,(H,29,32). The number of amides is 1. The Morgan fingerprint density at radius 3 is 2.61 bits per heavy atom. The minimum atomic E-state index is -0.600. The average Bonchev–Trinajstić information content (AvgIpc) is 3.76. The molecule has 3 aliphatic rings. The molecule has 2 aliphatic carbocycles. The van der Waals surface area contributed by atoms with E-state index in [2.05, 4.69) is 27.0 Å². The maximum absolute atomic E-state index is 13.3. The van der Waals surface area contributed by atoms with E-state index in [1.165, 1.54) is 5.56 Å². The summed E-state index contributed by atoms with van der Waals surface area (Å²) >= 11 is 0. The van der Waals surface area contributed by atoms with Crippen LogP contribution in [0.4, 0.5) is 0 Å². The van der Waals surface area contributed by atoms with E-state index in [1.807, 2.05) is 42.6 Å². The molecule has 3 aromatic rings. The molecule has 2 fully saturated rings. The van der Waals surface area contributed by atoms with Crippen molar-refractivity contribution in [3.8, 4) is 11.4 Å². The quantitative estimate of drug-likeness (QED) is 0.545. The smallest absolute Gasteiger partial charge is 0.227 e. The third kappa shape index (κ3) is 3.94. The molecule has 2 aromatic carbocycles. The number of hydrogen-bond acceptors (Lipinski definition) is 4. The molecule has 1 unspecified atom stereocenters. The van der Waals surface area contributed by atoms with Crippen LogP contribution in [0.1, 0.15) is 66.3 Å². The number of aromatic nitrogens is 2. The van der Waals surface area contributed by atoms with Crippen molar-refractivity contribution in [3.63, 3.8) is 0 Å². The summed E-state index contributed by atoms with van der Waals surface area (Å²) in [5, 5.41) is 3.24. The topological polar surface area (TPSA) is 73.2 Å². The van der Waals surface area contributed by atoms with Crippen LogP contribution in [0.3, 0.4) is 0 Å². The second kappa shape index (κ2) is 7.87. The summed E-state index contributed by atoms with van der Waals surface area (Å²) in [7, 11) is 0. The van der Waals surface area contributed by atoms with Crippen LogP contribution < -0.4 is 10.1 Å². The first-order valence-electron chi connectivity index (χ1n) is 11.8. The van der Waals surface area contributed by atoms with Gasteiger partial charge in [-0.25, -0.2) is 4.98 Å². The molecule has 1 aliphatic heterocycles. The Labute approximate surface area is 193 Å². The molecule has 1 N–H and O–H groups in total. The van der Waals surface area contributed by atoms with E-state index in [4.69, 9.17) is 4.74 Å². The zero-order valence-electron chi connectivity index (χ0n) is 18.5.